The van der Waals surface area contributed by atoms with Gasteiger partial charge in [-0.15, -0.1) is 0 Å². The molecule has 0 radical (unpaired) electrons. The molecular formula is C12H20N2O. The van der Waals surface area contributed by atoms with Gasteiger partial charge in [0.25, 0.3) is 0 Å². The molecule has 1 aliphatic heterocycles. The Morgan fingerprint density at radius 2 is 2.07 bits per heavy atom. The van der Waals surface area contributed by atoms with Crippen LogP contribution in [0.3, 0.4) is 0 Å². The lowest BCUT2D eigenvalue weighted by Crippen LogP contribution is -2.40. The zero-order chi connectivity index (χ0) is 11.1. The third-order valence-electron chi connectivity index (χ3n) is 2.88. The summed E-state index contributed by atoms with van der Waals surface area (Å²) in [7, 11) is 0. The normalized spacial score (nSPS) is 17.9. The zero-order valence-corrected chi connectivity index (χ0v) is 10.1. The first-order valence-electron chi connectivity index (χ1n) is 5.73. The standard InChI is InChI=1S/C12H20N2O/c1-5-9-10(12(2,3)4)14-11(15-9)8-6-13-7-8/h8,13H,5-7H2,1-4H3. The minimum atomic E-state index is 0.0876. The lowest BCUT2D eigenvalue weighted by Gasteiger charge is -2.23. The van der Waals surface area contributed by atoms with Crippen LogP contribution in [0, 0.1) is 0 Å². The number of hydrogen-bond acceptors (Lipinski definition) is 3. The molecular weight excluding hydrogens is 188 g/mol. The number of nitrogens with one attached hydrogen (secondary N) is 1. The van der Waals surface area contributed by atoms with E-state index in [0.717, 1.165) is 36.9 Å². The van der Waals surface area contributed by atoms with E-state index in [1.54, 1.807) is 0 Å². The van der Waals surface area contributed by atoms with Crippen LogP contribution in [0.1, 0.15) is 51.0 Å². The Hall–Kier alpha value is -0.830. The Morgan fingerprint density at radius 1 is 1.40 bits per heavy atom. The Labute approximate surface area is 91.3 Å². The van der Waals surface area contributed by atoms with Gasteiger partial charge >= 0.3 is 0 Å². The third kappa shape index (κ3) is 1.93. The average molecular weight is 208 g/mol. The number of oxazole rings is 1. The molecule has 0 aliphatic carbocycles. The van der Waals surface area contributed by atoms with Gasteiger partial charge in [0.1, 0.15) is 5.76 Å². The first-order chi connectivity index (χ1) is 7.02. The second kappa shape index (κ2) is 3.63. The van der Waals surface area contributed by atoms with Crippen molar-refractivity contribution < 1.29 is 4.42 Å². The second-order valence-corrected chi connectivity index (χ2v) is 5.28. The van der Waals surface area contributed by atoms with E-state index >= 15 is 0 Å². The Kier molecular flexibility index (Phi) is 2.59. The van der Waals surface area contributed by atoms with Crippen LogP contribution >= 0.6 is 0 Å². The first kappa shape index (κ1) is 10.7. The minimum Gasteiger partial charge on any atom is -0.445 e. The lowest BCUT2D eigenvalue weighted by molar-refractivity contribution is 0.346. The predicted octanol–water partition coefficient (Wildman–Crippen LogP) is 2.22. The van der Waals surface area contributed by atoms with Gasteiger partial charge in [-0.25, -0.2) is 4.98 Å². The fraction of sp³-hybridized carbons (Fsp3) is 0.750. The summed E-state index contributed by atoms with van der Waals surface area (Å²) in [6.45, 7) is 10.7. The summed E-state index contributed by atoms with van der Waals surface area (Å²) in [6, 6.07) is 0. The van der Waals surface area contributed by atoms with Crippen molar-refractivity contribution in [3.8, 4) is 0 Å². The SMILES string of the molecule is CCc1oc(C2CNC2)nc1C(C)(C)C. The van der Waals surface area contributed by atoms with E-state index in [1.165, 1.54) is 0 Å². The average Bonchev–Trinajstić information content (AvgIpc) is 2.44. The van der Waals surface area contributed by atoms with Crippen molar-refractivity contribution in [2.45, 2.75) is 45.4 Å². The molecule has 2 rings (SSSR count). The van der Waals surface area contributed by atoms with Gasteiger partial charge in [0.05, 0.1) is 11.6 Å². The molecule has 2 heterocycles. The zero-order valence-electron chi connectivity index (χ0n) is 10.1. The van der Waals surface area contributed by atoms with Crippen LogP contribution in [0.25, 0.3) is 0 Å². The first-order valence-corrected chi connectivity index (χ1v) is 5.73. The fourth-order valence-electron chi connectivity index (χ4n) is 1.83. The largest absolute Gasteiger partial charge is 0.445 e. The molecule has 0 aromatic carbocycles. The van der Waals surface area contributed by atoms with E-state index in [4.69, 9.17) is 4.42 Å². The molecule has 1 saturated heterocycles. The van der Waals surface area contributed by atoms with Gasteiger partial charge in [-0.05, 0) is 0 Å². The topological polar surface area (TPSA) is 38.1 Å². The van der Waals surface area contributed by atoms with Crippen molar-refractivity contribution in [1.29, 1.82) is 0 Å². The Bertz CT molecular complexity index is 345. The highest BCUT2D eigenvalue weighted by Gasteiger charge is 2.29. The van der Waals surface area contributed by atoms with E-state index in [0.29, 0.717) is 5.92 Å². The number of aromatic nitrogens is 1. The molecule has 0 spiro atoms. The quantitative estimate of drug-likeness (QED) is 0.810. The van der Waals surface area contributed by atoms with Crippen molar-refractivity contribution in [3.63, 3.8) is 0 Å². The summed E-state index contributed by atoms with van der Waals surface area (Å²) in [6.07, 6.45) is 0.930. The maximum atomic E-state index is 5.84. The molecule has 0 amide bonds. The van der Waals surface area contributed by atoms with Crippen LogP contribution in [0.4, 0.5) is 0 Å². The predicted molar refractivity (Wildman–Crippen MR) is 60.2 cm³/mol. The number of nitrogens with zero attached hydrogens (tertiary/aromatic N) is 1. The Balaban J connectivity index is 2.32. The van der Waals surface area contributed by atoms with Crippen LogP contribution in [-0.4, -0.2) is 18.1 Å². The highest BCUT2D eigenvalue weighted by atomic mass is 16.4. The van der Waals surface area contributed by atoms with E-state index in [1.807, 2.05) is 0 Å². The van der Waals surface area contributed by atoms with E-state index in [9.17, 15) is 0 Å². The molecule has 1 fully saturated rings. The number of hydrogen-bond donors (Lipinski definition) is 1. The summed E-state index contributed by atoms with van der Waals surface area (Å²) >= 11 is 0. The molecule has 0 atom stereocenters. The summed E-state index contributed by atoms with van der Waals surface area (Å²) in [5.41, 5.74) is 1.22. The van der Waals surface area contributed by atoms with Gasteiger partial charge in [-0.1, -0.05) is 27.7 Å². The van der Waals surface area contributed by atoms with Crippen LogP contribution in [0.15, 0.2) is 4.42 Å². The van der Waals surface area contributed by atoms with Gasteiger partial charge in [0.15, 0.2) is 5.89 Å². The fourth-order valence-corrected chi connectivity index (χ4v) is 1.83. The Morgan fingerprint density at radius 3 is 2.40 bits per heavy atom. The van der Waals surface area contributed by atoms with Crippen molar-refractivity contribution >= 4 is 0 Å². The molecule has 1 aromatic heterocycles. The molecule has 3 heteroatoms. The summed E-state index contributed by atoms with van der Waals surface area (Å²) in [5, 5.41) is 3.25. The molecule has 0 bridgehead atoms. The molecule has 0 saturated carbocycles. The maximum Gasteiger partial charge on any atom is 0.200 e. The molecule has 15 heavy (non-hydrogen) atoms. The van der Waals surface area contributed by atoms with Gasteiger partial charge in [-0.3, -0.25) is 0 Å². The molecule has 84 valence electrons. The van der Waals surface area contributed by atoms with Gasteiger partial charge in [0.2, 0.25) is 0 Å². The van der Waals surface area contributed by atoms with E-state index < -0.39 is 0 Å². The highest BCUT2D eigenvalue weighted by Crippen LogP contribution is 2.29. The molecule has 3 nitrogen and oxygen atoms in total. The summed E-state index contributed by atoms with van der Waals surface area (Å²) in [4.78, 5) is 4.67. The van der Waals surface area contributed by atoms with Crippen LogP contribution < -0.4 is 5.32 Å². The van der Waals surface area contributed by atoms with Crippen LogP contribution in [-0.2, 0) is 11.8 Å². The van der Waals surface area contributed by atoms with E-state index in [2.05, 4.69) is 38.0 Å². The maximum absolute atomic E-state index is 5.84. The van der Waals surface area contributed by atoms with Gasteiger partial charge < -0.3 is 9.73 Å². The number of aryl methyl sites for hydroxylation is 1. The van der Waals surface area contributed by atoms with Crippen LogP contribution in [0.2, 0.25) is 0 Å². The van der Waals surface area contributed by atoms with Crippen LogP contribution in [0.5, 0.6) is 0 Å². The molecule has 1 aromatic rings. The third-order valence-corrected chi connectivity index (χ3v) is 2.88. The summed E-state index contributed by atoms with van der Waals surface area (Å²) < 4.78 is 5.84. The van der Waals surface area contributed by atoms with Crippen molar-refractivity contribution in [3.05, 3.63) is 17.3 Å². The summed E-state index contributed by atoms with van der Waals surface area (Å²) in [5.74, 6) is 2.48. The molecule has 0 unspecified atom stereocenters. The highest BCUT2D eigenvalue weighted by molar-refractivity contribution is 5.20. The molecule has 1 aliphatic rings. The second-order valence-electron chi connectivity index (χ2n) is 5.28. The van der Waals surface area contributed by atoms with Crippen molar-refractivity contribution in [2.75, 3.05) is 13.1 Å². The lowest BCUT2D eigenvalue weighted by atomic mass is 9.90. The monoisotopic (exact) mass is 208 g/mol. The van der Waals surface area contributed by atoms with Gasteiger partial charge in [-0.2, -0.15) is 0 Å². The van der Waals surface area contributed by atoms with Crippen molar-refractivity contribution in [2.24, 2.45) is 0 Å². The number of rotatable bonds is 2. The van der Waals surface area contributed by atoms with Crippen molar-refractivity contribution in [1.82, 2.24) is 10.3 Å². The minimum absolute atomic E-state index is 0.0876. The smallest absolute Gasteiger partial charge is 0.200 e. The molecule has 1 N–H and O–H groups in total. The van der Waals surface area contributed by atoms with Gasteiger partial charge in [0, 0.05) is 24.9 Å². The van der Waals surface area contributed by atoms with E-state index in [-0.39, 0.29) is 5.41 Å².